The summed E-state index contributed by atoms with van der Waals surface area (Å²) in [4.78, 5) is 8.67. The van der Waals surface area contributed by atoms with Crippen LogP contribution in [0.1, 0.15) is 33.3 Å². The zero-order valence-corrected chi connectivity index (χ0v) is 9.91. The molecule has 0 fully saturated rings. The van der Waals surface area contributed by atoms with Gasteiger partial charge in [-0.1, -0.05) is 33.8 Å². The van der Waals surface area contributed by atoms with Crippen LogP contribution in [-0.4, -0.2) is 6.67 Å². The topological polar surface area (TPSA) is 24.7 Å². The van der Waals surface area contributed by atoms with Crippen molar-refractivity contribution in [1.29, 1.82) is 0 Å². The average molecular weight is 202 g/mol. The number of nitrogens with zero attached hydrogens (tertiary/aromatic N) is 2. The zero-order valence-electron chi connectivity index (χ0n) is 9.91. The molecule has 1 heterocycles. The Balaban J connectivity index is 2.53. The van der Waals surface area contributed by atoms with E-state index in [1.165, 1.54) is 5.56 Å². The predicted molar refractivity (Wildman–Crippen MR) is 61.5 cm³/mol. The smallest absolute Gasteiger partial charge is 0.130 e. The SMILES string of the molecule is CC(C)C(C)(C)c1ccc2c(c1)=NCN=2. The van der Waals surface area contributed by atoms with Crippen molar-refractivity contribution in [2.24, 2.45) is 15.9 Å². The second kappa shape index (κ2) is 3.44. The molecule has 2 rings (SSSR count). The molecule has 0 aromatic heterocycles. The first-order valence-electron chi connectivity index (χ1n) is 5.51. The fourth-order valence-electron chi connectivity index (χ4n) is 1.71. The van der Waals surface area contributed by atoms with Gasteiger partial charge in [-0.2, -0.15) is 0 Å². The van der Waals surface area contributed by atoms with E-state index in [9.17, 15) is 0 Å². The number of hydrogen-bond acceptors (Lipinski definition) is 2. The Morgan fingerprint density at radius 1 is 1.13 bits per heavy atom. The molecule has 0 atom stereocenters. The molecule has 0 saturated carbocycles. The maximum Gasteiger partial charge on any atom is 0.130 e. The minimum Gasteiger partial charge on any atom is -0.260 e. The molecule has 0 spiro atoms. The lowest BCUT2D eigenvalue weighted by Crippen LogP contribution is -2.29. The van der Waals surface area contributed by atoms with E-state index in [0.29, 0.717) is 12.6 Å². The number of benzene rings is 1. The Kier molecular flexibility index (Phi) is 2.37. The molecule has 0 amide bonds. The van der Waals surface area contributed by atoms with Crippen LogP contribution in [-0.2, 0) is 5.41 Å². The van der Waals surface area contributed by atoms with Crippen LogP contribution in [0.15, 0.2) is 28.2 Å². The summed E-state index contributed by atoms with van der Waals surface area (Å²) in [5, 5.41) is 2.10. The molecule has 2 heteroatoms. The van der Waals surface area contributed by atoms with Crippen LogP contribution in [0.25, 0.3) is 0 Å². The molecule has 2 nitrogen and oxygen atoms in total. The van der Waals surface area contributed by atoms with E-state index < -0.39 is 0 Å². The Morgan fingerprint density at radius 3 is 2.47 bits per heavy atom. The van der Waals surface area contributed by atoms with Gasteiger partial charge in [0.25, 0.3) is 0 Å². The largest absolute Gasteiger partial charge is 0.260 e. The highest BCUT2D eigenvalue weighted by Gasteiger charge is 2.24. The van der Waals surface area contributed by atoms with Crippen LogP contribution < -0.4 is 10.7 Å². The predicted octanol–water partition coefficient (Wildman–Crippen LogP) is 1.83. The third-order valence-electron chi connectivity index (χ3n) is 3.64. The molecule has 15 heavy (non-hydrogen) atoms. The highest BCUT2D eigenvalue weighted by atomic mass is 15.0. The number of hydrogen-bond donors (Lipinski definition) is 0. The van der Waals surface area contributed by atoms with Gasteiger partial charge in [-0.05, 0) is 29.0 Å². The summed E-state index contributed by atoms with van der Waals surface area (Å²) in [5.41, 5.74) is 1.56. The second-order valence-electron chi connectivity index (χ2n) is 5.04. The van der Waals surface area contributed by atoms with Crippen molar-refractivity contribution in [2.75, 3.05) is 6.67 Å². The van der Waals surface area contributed by atoms with Crippen molar-refractivity contribution >= 4 is 0 Å². The van der Waals surface area contributed by atoms with Gasteiger partial charge < -0.3 is 0 Å². The maximum absolute atomic E-state index is 4.37. The summed E-state index contributed by atoms with van der Waals surface area (Å²) < 4.78 is 0. The standard InChI is InChI=1S/C13H18N2/c1-9(2)13(3,4)10-5-6-11-12(7-10)15-8-14-11/h5-7,9H,8H2,1-4H3. The van der Waals surface area contributed by atoms with Crippen molar-refractivity contribution in [3.05, 3.63) is 34.5 Å². The van der Waals surface area contributed by atoms with Gasteiger partial charge in [-0.25, -0.2) is 0 Å². The lowest BCUT2D eigenvalue weighted by molar-refractivity contribution is 0.372. The fraction of sp³-hybridized carbons (Fsp3) is 0.538. The van der Waals surface area contributed by atoms with E-state index in [4.69, 9.17) is 0 Å². The minimum absolute atomic E-state index is 0.202. The normalized spacial score (nSPS) is 14.7. The van der Waals surface area contributed by atoms with E-state index in [1.54, 1.807) is 0 Å². The van der Waals surface area contributed by atoms with Crippen LogP contribution in [0.4, 0.5) is 0 Å². The summed E-state index contributed by atoms with van der Waals surface area (Å²) in [6, 6.07) is 6.46. The summed E-state index contributed by atoms with van der Waals surface area (Å²) in [7, 11) is 0. The van der Waals surface area contributed by atoms with Crippen LogP contribution in [0, 0.1) is 5.92 Å². The third-order valence-corrected chi connectivity index (χ3v) is 3.64. The summed E-state index contributed by atoms with van der Waals surface area (Å²) in [5.74, 6) is 0.619. The molecular weight excluding hydrogens is 184 g/mol. The van der Waals surface area contributed by atoms with Crippen molar-refractivity contribution in [2.45, 2.75) is 33.1 Å². The zero-order chi connectivity index (χ0) is 11.1. The molecule has 0 saturated heterocycles. The Morgan fingerprint density at radius 2 is 1.80 bits per heavy atom. The summed E-state index contributed by atoms with van der Waals surface area (Å²) in [6.07, 6.45) is 0. The monoisotopic (exact) mass is 202 g/mol. The van der Waals surface area contributed by atoms with Gasteiger partial charge >= 0.3 is 0 Å². The molecule has 0 radical (unpaired) electrons. The van der Waals surface area contributed by atoms with Crippen molar-refractivity contribution in [3.8, 4) is 0 Å². The lowest BCUT2D eigenvalue weighted by atomic mass is 9.75. The fourth-order valence-corrected chi connectivity index (χ4v) is 1.71. The lowest BCUT2D eigenvalue weighted by Gasteiger charge is -2.29. The molecule has 0 unspecified atom stereocenters. The number of rotatable bonds is 2. The Bertz CT molecular complexity index is 484. The van der Waals surface area contributed by atoms with Crippen molar-refractivity contribution in [1.82, 2.24) is 0 Å². The van der Waals surface area contributed by atoms with E-state index in [0.717, 1.165) is 10.7 Å². The second-order valence-corrected chi connectivity index (χ2v) is 5.04. The highest BCUT2D eigenvalue weighted by Crippen LogP contribution is 2.29. The molecule has 1 aliphatic heterocycles. The molecule has 80 valence electrons. The van der Waals surface area contributed by atoms with Crippen molar-refractivity contribution < 1.29 is 0 Å². The van der Waals surface area contributed by atoms with Crippen LogP contribution in [0.2, 0.25) is 0 Å². The first-order valence-corrected chi connectivity index (χ1v) is 5.51. The molecule has 1 aliphatic rings. The van der Waals surface area contributed by atoms with Crippen LogP contribution >= 0.6 is 0 Å². The summed E-state index contributed by atoms with van der Waals surface area (Å²) >= 11 is 0. The van der Waals surface area contributed by atoms with Gasteiger partial charge in [0.2, 0.25) is 0 Å². The molecule has 1 aromatic carbocycles. The van der Waals surface area contributed by atoms with Gasteiger partial charge in [0.05, 0.1) is 10.7 Å². The van der Waals surface area contributed by atoms with Crippen LogP contribution in [0.5, 0.6) is 0 Å². The van der Waals surface area contributed by atoms with Gasteiger partial charge in [0.1, 0.15) is 6.67 Å². The highest BCUT2D eigenvalue weighted by molar-refractivity contribution is 5.24. The molecule has 0 aliphatic carbocycles. The van der Waals surface area contributed by atoms with Gasteiger partial charge in [0.15, 0.2) is 0 Å². The van der Waals surface area contributed by atoms with Gasteiger partial charge in [-0.3, -0.25) is 9.98 Å². The van der Waals surface area contributed by atoms with E-state index in [2.05, 4.69) is 55.9 Å². The maximum atomic E-state index is 4.37. The first-order chi connectivity index (χ1) is 7.01. The molecule has 0 N–H and O–H groups in total. The van der Waals surface area contributed by atoms with Gasteiger partial charge in [-0.15, -0.1) is 0 Å². The molecule has 1 aromatic rings. The molecular formula is C13H18N2. The average Bonchev–Trinajstić information content (AvgIpc) is 2.63. The molecule has 0 bridgehead atoms. The Labute approximate surface area is 90.8 Å². The van der Waals surface area contributed by atoms with Gasteiger partial charge in [0, 0.05) is 0 Å². The summed E-state index contributed by atoms with van der Waals surface area (Å²) in [6.45, 7) is 9.68. The third kappa shape index (κ3) is 1.69. The first kappa shape index (κ1) is 10.3. The van der Waals surface area contributed by atoms with E-state index in [1.807, 2.05) is 0 Å². The number of fused-ring (bicyclic) bond motifs is 1. The van der Waals surface area contributed by atoms with Crippen molar-refractivity contribution in [3.63, 3.8) is 0 Å². The van der Waals surface area contributed by atoms with Crippen LogP contribution in [0.3, 0.4) is 0 Å². The minimum atomic E-state index is 0.202. The quantitative estimate of drug-likeness (QED) is 0.699. The Hall–Kier alpha value is -1.18. The van der Waals surface area contributed by atoms with E-state index >= 15 is 0 Å². The van der Waals surface area contributed by atoms with E-state index in [-0.39, 0.29) is 5.41 Å².